The Hall–Kier alpha value is -1.18. The zero-order valence-corrected chi connectivity index (χ0v) is 12.1. The number of rotatable bonds is 6. The van der Waals surface area contributed by atoms with E-state index >= 15 is 0 Å². The third kappa shape index (κ3) is 7.99. The Kier molecular flexibility index (Phi) is 11.5. The molecule has 0 bridgehead atoms. The van der Waals surface area contributed by atoms with E-state index in [-0.39, 0.29) is 6.61 Å². The quantitative estimate of drug-likeness (QED) is 0.553. The summed E-state index contributed by atoms with van der Waals surface area (Å²) >= 11 is 0. The molecule has 0 unspecified atom stereocenters. The first kappa shape index (κ1) is 16.8. The second-order valence-corrected chi connectivity index (χ2v) is 4.28. The maximum atomic E-state index is 8.81. The largest absolute Gasteiger partial charge is 0.384 e. The molecule has 0 aliphatic heterocycles. The van der Waals surface area contributed by atoms with Crippen molar-refractivity contribution in [3.63, 3.8) is 0 Å². The van der Waals surface area contributed by atoms with E-state index in [0.717, 1.165) is 49.7 Å². The molecule has 0 saturated heterocycles. The van der Waals surface area contributed by atoms with E-state index in [9.17, 15) is 0 Å². The monoisotopic (exact) mass is 246 g/mol. The Morgan fingerprint density at radius 1 is 0.889 bits per heavy atom. The number of aliphatic hydroxyl groups is 1. The van der Waals surface area contributed by atoms with Crippen LogP contribution in [0.5, 0.6) is 0 Å². The van der Waals surface area contributed by atoms with Gasteiger partial charge in [-0.1, -0.05) is 57.3 Å². The zero-order valence-electron chi connectivity index (χ0n) is 12.1. The lowest BCUT2D eigenvalue weighted by atomic mass is 10.0. The Morgan fingerprint density at radius 3 is 2.11 bits per heavy atom. The summed E-state index contributed by atoms with van der Waals surface area (Å²) < 4.78 is 0. The molecule has 0 aliphatic carbocycles. The fourth-order valence-electron chi connectivity index (χ4n) is 1.60. The minimum absolute atomic E-state index is 0.0735. The standard InChI is InChI=1S/C17H26O/c1-4-7-9-10-13-16(6-3)17(12-8-5-2)14-11-15-18/h18H,4-9,12,15H2,1-3H3/b17-16-. The molecule has 1 heteroatoms. The molecular weight excluding hydrogens is 220 g/mol. The van der Waals surface area contributed by atoms with Crippen LogP contribution in [-0.4, -0.2) is 11.7 Å². The van der Waals surface area contributed by atoms with Crippen LogP contribution >= 0.6 is 0 Å². The Bertz CT molecular complexity index is 355. The number of unbranched alkanes of at least 4 members (excludes halogenated alkanes) is 3. The molecule has 100 valence electrons. The van der Waals surface area contributed by atoms with E-state index in [0.29, 0.717) is 0 Å². The average Bonchev–Trinajstić information content (AvgIpc) is 2.40. The van der Waals surface area contributed by atoms with Crippen molar-refractivity contribution >= 4 is 0 Å². The number of hydrogen-bond donors (Lipinski definition) is 1. The van der Waals surface area contributed by atoms with Crippen LogP contribution in [0, 0.1) is 23.7 Å². The van der Waals surface area contributed by atoms with Crippen LogP contribution in [0.15, 0.2) is 11.1 Å². The van der Waals surface area contributed by atoms with Crippen LogP contribution in [0.25, 0.3) is 0 Å². The van der Waals surface area contributed by atoms with Gasteiger partial charge in [-0.05, 0) is 25.7 Å². The van der Waals surface area contributed by atoms with Gasteiger partial charge in [0.2, 0.25) is 0 Å². The molecule has 0 spiro atoms. The van der Waals surface area contributed by atoms with Gasteiger partial charge in [-0.15, -0.1) is 0 Å². The first-order valence-corrected chi connectivity index (χ1v) is 7.10. The summed E-state index contributed by atoms with van der Waals surface area (Å²) in [6.07, 6.45) is 7.52. The summed E-state index contributed by atoms with van der Waals surface area (Å²) in [5.74, 6) is 12.3. The molecule has 0 saturated carbocycles. The highest BCUT2D eigenvalue weighted by Gasteiger charge is 2.00. The smallest absolute Gasteiger partial charge is 0.104 e. The predicted octanol–water partition coefficient (Wildman–Crippen LogP) is 4.07. The topological polar surface area (TPSA) is 20.2 Å². The van der Waals surface area contributed by atoms with E-state index in [1.54, 1.807) is 0 Å². The highest BCUT2D eigenvalue weighted by molar-refractivity contribution is 5.43. The average molecular weight is 246 g/mol. The molecular formula is C17H26O. The Morgan fingerprint density at radius 2 is 1.56 bits per heavy atom. The van der Waals surface area contributed by atoms with Crippen LogP contribution in [0.1, 0.15) is 65.7 Å². The molecule has 1 N–H and O–H groups in total. The highest BCUT2D eigenvalue weighted by Crippen LogP contribution is 2.14. The van der Waals surface area contributed by atoms with Crippen molar-refractivity contribution in [1.29, 1.82) is 0 Å². The molecule has 0 aliphatic rings. The van der Waals surface area contributed by atoms with Crippen LogP contribution in [0.4, 0.5) is 0 Å². The molecule has 0 radical (unpaired) electrons. The summed E-state index contributed by atoms with van der Waals surface area (Å²) in [5, 5.41) is 8.81. The highest BCUT2D eigenvalue weighted by atomic mass is 16.2. The molecule has 0 rings (SSSR count). The van der Waals surface area contributed by atoms with Crippen LogP contribution < -0.4 is 0 Å². The third-order valence-corrected chi connectivity index (χ3v) is 2.71. The maximum absolute atomic E-state index is 8.81. The van der Waals surface area contributed by atoms with Gasteiger partial charge in [-0.3, -0.25) is 0 Å². The van der Waals surface area contributed by atoms with Crippen molar-refractivity contribution in [2.45, 2.75) is 65.7 Å². The van der Waals surface area contributed by atoms with E-state index in [1.165, 1.54) is 6.42 Å². The molecule has 0 fully saturated rings. The molecule has 0 heterocycles. The number of hydrogen-bond acceptors (Lipinski definition) is 1. The van der Waals surface area contributed by atoms with Gasteiger partial charge in [0.05, 0.1) is 0 Å². The third-order valence-electron chi connectivity index (χ3n) is 2.71. The van der Waals surface area contributed by atoms with Gasteiger partial charge in [-0.2, -0.15) is 0 Å². The van der Waals surface area contributed by atoms with Crippen molar-refractivity contribution in [2.75, 3.05) is 6.61 Å². The van der Waals surface area contributed by atoms with Crippen LogP contribution in [0.3, 0.4) is 0 Å². The molecule has 1 nitrogen and oxygen atoms in total. The van der Waals surface area contributed by atoms with Gasteiger partial charge in [-0.25, -0.2) is 0 Å². The molecule has 0 aromatic rings. The lowest BCUT2D eigenvalue weighted by Crippen LogP contribution is -1.89. The molecule has 0 atom stereocenters. The first-order chi connectivity index (χ1) is 8.79. The Labute approximate surface area is 113 Å². The SMILES string of the molecule is CCCCC#C/C(CC)=C(\C#CCO)CCCC. The van der Waals surface area contributed by atoms with E-state index in [4.69, 9.17) is 5.11 Å². The van der Waals surface area contributed by atoms with Crippen LogP contribution in [-0.2, 0) is 0 Å². The number of aliphatic hydroxyl groups excluding tert-OH is 1. The Balaban J connectivity index is 4.87. The van der Waals surface area contributed by atoms with Gasteiger partial charge < -0.3 is 5.11 Å². The molecule has 0 aromatic carbocycles. The number of allylic oxidation sites excluding steroid dienone is 2. The van der Waals surface area contributed by atoms with Crippen molar-refractivity contribution in [3.05, 3.63) is 11.1 Å². The minimum atomic E-state index is -0.0735. The second kappa shape index (κ2) is 12.3. The van der Waals surface area contributed by atoms with Crippen molar-refractivity contribution in [2.24, 2.45) is 0 Å². The maximum Gasteiger partial charge on any atom is 0.104 e. The normalized spacial score (nSPS) is 10.9. The van der Waals surface area contributed by atoms with Crippen molar-refractivity contribution in [3.8, 4) is 23.7 Å². The minimum Gasteiger partial charge on any atom is -0.384 e. The van der Waals surface area contributed by atoms with E-state index in [2.05, 4.69) is 44.5 Å². The van der Waals surface area contributed by atoms with Gasteiger partial charge >= 0.3 is 0 Å². The summed E-state index contributed by atoms with van der Waals surface area (Å²) in [6, 6.07) is 0. The molecule has 18 heavy (non-hydrogen) atoms. The van der Waals surface area contributed by atoms with Crippen molar-refractivity contribution < 1.29 is 5.11 Å². The van der Waals surface area contributed by atoms with Crippen LogP contribution in [0.2, 0.25) is 0 Å². The summed E-state index contributed by atoms with van der Waals surface area (Å²) in [7, 11) is 0. The van der Waals surface area contributed by atoms with Crippen molar-refractivity contribution in [1.82, 2.24) is 0 Å². The molecule has 0 amide bonds. The summed E-state index contributed by atoms with van der Waals surface area (Å²) in [4.78, 5) is 0. The lowest BCUT2D eigenvalue weighted by molar-refractivity contribution is 0.350. The van der Waals surface area contributed by atoms with E-state index in [1.807, 2.05) is 0 Å². The second-order valence-electron chi connectivity index (χ2n) is 4.28. The zero-order chi connectivity index (χ0) is 13.6. The lowest BCUT2D eigenvalue weighted by Gasteiger charge is -2.03. The predicted molar refractivity (Wildman–Crippen MR) is 79.0 cm³/mol. The van der Waals surface area contributed by atoms with E-state index < -0.39 is 0 Å². The van der Waals surface area contributed by atoms with Gasteiger partial charge in [0, 0.05) is 17.6 Å². The fourth-order valence-corrected chi connectivity index (χ4v) is 1.60. The van der Waals surface area contributed by atoms with Gasteiger partial charge in [0.25, 0.3) is 0 Å². The molecule has 0 aromatic heterocycles. The fraction of sp³-hybridized carbons (Fsp3) is 0.647. The van der Waals surface area contributed by atoms with Gasteiger partial charge in [0.1, 0.15) is 6.61 Å². The van der Waals surface area contributed by atoms with Gasteiger partial charge in [0.15, 0.2) is 0 Å². The summed E-state index contributed by atoms with van der Waals surface area (Å²) in [6.45, 7) is 6.40. The first-order valence-electron chi connectivity index (χ1n) is 7.10. The summed E-state index contributed by atoms with van der Waals surface area (Å²) in [5.41, 5.74) is 2.28.